The van der Waals surface area contributed by atoms with Crippen LogP contribution in [0.5, 0.6) is 5.75 Å². The Kier molecular flexibility index (Phi) is 7.31. The van der Waals surface area contributed by atoms with E-state index >= 15 is 0 Å². The van der Waals surface area contributed by atoms with E-state index in [0.29, 0.717) is 19.5 Å². The minimum Gasteiger partial charge on any atom is -0.496 e. The van der Waals surface area contributed by atoms with Crippen molar-refractivity contribution in [2.45, 2.75) is 19.4 Å². The summed E-state index contributed by atoms with van der Waals surface area (Å²) in [5.74, 6) is 0.733. The number of methoxy groups -OCH3 is 1. The lowest BCUT2D eigenvalue weighted by molar-refractivity contribution is 0.193. The van der Waals surface area contributed by atoms with Gasteiger partial charge in [0.2, 0.25) is 10.0 Å². The SMILES string of the molecule is COc1ccccc1C(C)N(C)C(=O)NCCCNS(C)(=O)=O. The van der Waals surface area contributed by atoms with E-state index in [1.807, 2.05) is 31.2 Å². The highest BCUT2D eigenvalue weighted by Gasteiger charge is 2.19. The number of ether oxygens (including phenoxy) is 1. The number of nitrogens with one attached hydrogen (secondary N) is 2. The van der Waals surface area contributed by atoms with Gasteiger partial charge < -0.3 is 15.0 Å². The number of para-hydroxylation sites is 1. The molecule has 1 aromatic rings. The van der Waals surface area contributed by atoms with Gasteiger partial charge in [-0.3, -0.25) is 0 Å². The maximum atomic E-state index is 12.2. The van der Waals surface area contributed by atoms with Crippen molar-refractivity contribution in [3.8, 4) is 5.75 Å². The van der Waals surface area contributed by atoms with Crippen molar-refractivity contribution in [2.24, 2.45) is 0 Å². The Balaban J connectivity index is 2.49. The molecule has 1 atom stereocenters. The summed E-state index contributed by atoms with van der Waals surface area (Å²) in [5.41, 5.74) is 0.923. The molecule has 8 heteroatoms. The van der Waals surface area contributed by atoms with Crippen LogP contribution >= 0.6 is 0 Å². The maximum absolute atomic E-state index is 12.2. The van der Waals surface area contributed by atoms with E-state index in [4.69, 9.17) is 4.74 Å². The van der Waals surface area contributed by atoms with Crippen LogP contribution in [-0.2, 0) is 10.0 Å². The van der Waals surface area contributed by atoms with Gasteiger partial charge in [-0.2, -0.15) is 0 Å². The van der Waals surface area contributed by atoms with Crippen molar-refractivity contribution in [1.82, 2.24) is 14.9 Å². The zero-order valence-corrected chi connectivity index (χ0v) is 14.8. The first-order valence-electron chi connectivity index (χ1n) is 7.34. The largest absolute Gasteiger partial charge is 0.496 e. The monoisotopic (exact) mass is 343 g/mol. The summed E-state index contributed by atoms with van der Waals surface area (Å²) in [6.45, 7) is 2.61. The molecule has 0 aliphatic rings. The van der Waals surface area contributed by atoms with Crippen LogP contribution in [0.4, 0.5) is 4.79 Å². The highest BCUT2D eigenvalue weighted by atomic mass is 32.2. The normalized spacial score (nSPS) is 12.5. The van der Waals surface area contributed by atoms with E-state index < -0.39 is 10.0 Å². The predicted octanol–water partition coefficient (Wildman–Crippen LogP) is 1.34. The average Bonchev–Trinajstić information content (AvgIpc) is 2.51. The molecule has 0 saturated heterocycles. The molecule has 0 saturated carbocycles. The molecule has 0 aliphatic heterocycles. The lowest BCUT2D eigenvalue weighted by Crippen LogP contribution is -2.40. The molecule has 0 fully saturated rings. The van der Waals surface area contributed by atoms with Gasteiger partial charge in [0.15, 0.2) is 0 Å². The van der Waals surface area contributed by atoms with E-state index in [-0.39, 0.29) is 12.1 Å². The first-order valence-corrected chi connectivity index (χ1v) is 9.23. The second-order valence-corrected chi connectivity index (χ2v) is 7.11. The topological polar surface area (TPSA) is 87.7 Å². The molecule has 1 unspecified atom stereocenters. The van der Waals surface area contributed by atoms with Crippen molar-refractivity contribution < 1.29 is 17.9 Å². The van der Waals surface area contributed by atoms with Gasteiger partial charge in [0.05, 0.1) is 19.4 Å². The fourth-order valence-corrected chi connectivity index (χ4v) is 2.58. The lowest BCUT2D eigenvalue weighted by atomic mass is 10.1. The summed E-state index contributed by atoms with van der Waals surface area (Å²) in [6.07, 6.45) is 1.63. The number of nitrogens with zero attached hydrogens (tertiary/aromatic N) is 1. The van der Waals surface area contributed by atoms with E-state index in [0.717, 1.165) is 17.6 Å². The summed E-state index contributed by atoms with van der Waals surface area (Å²) in [5, 5.41) is 2.77. The number of hydrogen-bond donors (Lipinski definition) is 2. The van der Waals surface area contributed by atoms with Gasteiger partial charge in [-0.05, 0) is 19.4 Å². The Labute approximate surface area is 138 Å². The molecule has 0 heterocycles. The standard InChI is InChI=1S/C15H25N3O4S/c1-12(13-8-5-6-9-14(13)22-3)18(2)15(19)16-10-7-11-17-23(4,20)21/h5-6,8-9,12,17H,7,10-11H2,1-4H3,(H,16,19). The number of urea groups is 1. The lowest BCUT2D eigenvalue weighted by Gasteiger charge is -2.26. The number of rotatable bonds is 8. The number of carbonyl (C=O) groups excluding carboxylic acids is 1. The van der Waals surface area contributed by atoms with Gasteiger partial charge in [0.1, 0.15) is 5.75 Å². The fraction of sp³-hybridized carbons (Fsp3) is 0.533. The zero-order valence-electron chi connectivity index (χ0n) is 14.0. The average molecular weight is 343 g/mol. The van der Waals surface area contributed by atoms with Gasteiger partial charge in [0.25, 0.3) is 0 Å². The van der Waals surface area contributed by atoms with Gasteiger partial charge in [-0.1, -0.05) is 18.2 Å². The van der Waals surface area contributed by atoms with E-state index in [1.165, 1.54) is 0 Å². The molecule has 0 spiro atoms. The second-order valence-electron chi connectivity index (χ2n) is 5.28. The third kappa shape index (κ3) is 6.45. The van der Waals surface area contributed by atoms with Gasteiger partial charge in [0, 0.05) is 25.7 Å². The highest BCUT2D eigenvalue weighted by molar-refractivity contribution is 7.88. The fourth-order valence-electron chi connectivity index (χ4n) is 2.06. The number of hydrogen-bond acceptors (Lipinski definition) is 4. The van der Waals surface area contributed by atoms with Crippen molar-refractivity contribution in [2.75, 3.05) is 33.5 Å². The Bertz CT molecular complexity index is 619. The molecular formula is C15H25N3O4S. The van der Waals surface area contributed by atoms with Crippen molar-refractivity contribution >= 4 is 16.1 Å². The number of amides is 2. The molecule has 2 amide bonds. The van der Waals surface area contributed by atoms with Crippen molar-refractivity contribution in [3.63, 3.8) is 0 Å². The van der Waals surface area contributed by atoms with Crippen LogP contribution in [0.25, 0.3) is 0 Å². The molecule has 0 aromatic heterocycles. The maximum Gasteiger partial charge on any atom is 0.317 e. The summed E-state index contributed by atoms with van der Waals surface area (Å²) in [4.78, 5) is 13.7. The van der Waals surface area contributed by atoms with E-state index in [2.05, 4.69) is 10.0 Å². The smallest absolute Gasteiger partial charge is 0.317 e. The first kappa shape index (κ1) is 19.2. The van der Waals surface area contributed by atoms with E-state index in [9.17, 15) is 13.2 Å². The van der Waals surface area contributed by atoms with Crippen LogP contribution in [0.3, 0.4) is 0 Å². The van der Waals surface area contributed by atoms with Crippen LogP contribution in [-0.4, -0.2) is 52.9 Å². The van der Waals surface area contributed by atoms with Crippen molar-refractivity contribution in [1.29, 1.82) is 0 Å². The van der Waals surface area contributed by atoms with Crippen molar-refractivity contribution in [3.05, 3.63) is 29.8 Å². The highest BCUT2D eigenvalue weighted by Crippen LogP contribution is 2.27. The second kappa shape index (κ2) is 8.73. The summed E-state index contributed by atoms with van der Waals surface area (Å²) in [6, 6.07) is 7.18. The number of benzene rings is 1. The first-order chi connectivity index (χ1) is 10.8. The summed E-state index contributed by atoms with van der Waals surface area (Å²) >= 11 is 0. The third-order valence-corrected chi connectivity index (χ3v) is 4.21. The summed E-state index contributed by atoms with van der Waals surface area (Å²) < 4.78 is 29.5. The molecule has 0 radical (unpaired) electrons. The third-order valence-electron chi connectivity index (χ3n) is 3.48. The quantitative estimate of drug-likeness (QED) is 0.697. The molecule has 0 bridgehead atoms. The Hall–Kier alpha value is -1.80. The molecule has 130 valence electrons. The van der Waals surface area contributed by atoms with Crippen LogP contribution < -0.4 is 14.8 Å². The minimum atomic E-state index is -3.19. The van der Waals surface area contributed by atoms with Crippen LogP contribution in [0, 0.1) is 0 Å². The molecule has 0 aliphatic carbocycles. The zero-order chi connectivity index (χ0) is 17.5. The summed E-state index contributed by atoms with van der Waals surface area (Å²) in [7, 11) is 0.122. The molecule has 7 nitrogen and oxygen atoms in total. The Morgan fingerprint density at radius 3 is 2.57 bits per heavy atom. The molecular weight excluding hydrogens is 318 g/mol. The van der Waals surface area contributed by atoms with Crippen LogP contribution in [0.15, 0.2) is 24.3 Å². The minimum absolute atomic E-state index is 0.153. The molecule has 1 rings (SSSR count). The van der Waals surface area contributed by atoms with E-state index in [1.54, 1.807) is 19.1 Å². The van der Waals surface area contributed by atoms with Gasteiger partial charge >= 0.3 is 6.03 Å². The van der Waals surface area contributed by atoms with Gasteiger partial charge in [-0.15, -0.1) is 0 Å². The predicted molar refractivity (Wildman–Crippen MR) is 90.0 cm³/mol. The molecule has 23 heavy (non-hydrogen) atoms. The molecule has 2 N–H and O–H groups in total. The van der Waals surface area contributed by atoms with Crippen LogP contribution in [0.1, 0.15) is 24.9 Å². The Morgan fingerprint density at radius 1 is 1.30 bits per heavy atom. The van der Waals surface area contributed by atoms with Gasteiger partial charge in [-0.25, -0.2) is 17.9 Å². The number of carbonyl (C=O) groups is 1. The number of sulfonamides is 1. The van der Waals surface area contributed by atoms with Crippen LogP contribution in [0.2, 0.25) is 0 Å². The Morgan fingerprint density at radius 2 is 1.96 bits per heavy atom. The molecule has 1 aromatic carbocycles.